The van der Waals surface area contributed by atoms with Gasteiger partial charge in [-0.3, -0.25) is 9.59 Å². The maximum Gasteiger partial charge on any atom is 0.328 e. The van der Waals surface area contributed by atoms with Gasteiger partial charge in [-0.1, -0.05) is 25.7 Å². The molecule has 7 nitrogen and oxygen atoms in total. The van der Waals surface area contributed by atoms with Crippen molar-refractivity contribution in [1.29, 1.82) is 0 Å². The fraction of sp³-hybridized carbons (Fsp3) is 0.292. The van der Waals surface area contributed by atoms with E-state index >= 15 is 0 Å². The van der Waals surface area contributed by atoms with E-state index in [1.807, 2.05) is 19.6 Å². The molecule has 2 N–H and O–H groups in total. The summed E-state index contributed by atoms with van der Waals surface area (Å²) in [6.45, 7) is 5.58. The zero-order valence-electron chi connectivity index (χ0n) is 19.3. The average Bonchev–Trinajstić information content (AvgIpc) is 2.74. The monoisotopic (exact) mass is 488 g/mol. The molecule has 2 aromatic rings. The molecule has 1 aliphatic rings. The van der Waals surface area contributed by atoms with Crippen LogP contribution in [0.2, 0.25) is 19.6 Å². The lowest BCUT2D eigenvalue weighted by atomic mass is 9.91. The minimum absolute atomic E-state index is 0.0382. The summed E-state index contributed by atoms with van der Waals surface area (Å²) in [6.07, 6.45) is 1.98. The number of amides is 2. The number of benzene rings is 2. The molecule has 0 unspecified atom stereocenters. The fourth-order valence-electron chi connectivity index (χ4n) is 4.06. The molecule has 0 saturated heterocycles. The van der Waals surface area contributed by atoms with Gasteiger partial charge in [0.15, 0.2) is 0 Å². The van der Waals surface area contributed by atoms with Crippen LogP contribution < -0.4 is 15.2 Å². The van der Waals surface area contributed by atoms with Crippen LogP contribution in [-0.2, 0) is 20.8 Å². The number of fused-ring (bicyclic) bond motifs is 1. The molecular formula is C24H26F2N2O5Si. The normalized spacial score (nSPS) is 15.7. The van der Waals surface area contributed by atoms with E-state index < -0.39 is 43.5 Å². The van der Waals surface area contributed by atoms with E-state index in [0.717, 1.165) is 23.8 Å². The summed E-state index contributed by atoms with van der Waals surface area (Å²) in [5, 5.41) is 11.4. The van der Waals surface area contributed by atoms with Crippen LogP contribution in [0.4, 0.5) is 14.5 Å². The van der Waals surface area contributed by atoms with E-state index in [4.69, 9.17) is 9.84 Å². The number of nitrogens with zero attached hydrogens (tertiary/aromatic N) is 1. The number of carboxylic acids is 1. The van der Waals surface area contributed by atoms with Gasteiger partial charge in [-0.05, 0) is 41.8 Å². The Balaban J connectivity index is 1.99. The topological polar surface area (TPSA) is 95.9 Å². The van der Waals surface area contributed by atoms with Crippen LogP contribution in [0.5, 0.6) is 5.75 Å². The van der Waals surface area contributed by atoms with E-state index in [9.17, 15) is 23.2 Å². The third kappa shape index (κ3) is 5.33. The van der Waals surface area contributed by atoms with Gasteiger partial charge >= 0.3 is 5.97 Å². The Labute approximate surface area is 197 Å². The Bertz CT molecular complexity index is 1150. The second-order valence-corrected chi connectivity index (χ2v) is 14.0. The number of aliphatic carboxylic acids is 1. The molecule has 2 aromatic carbocycles. The number of methoxy groups -OCH3 is 1. The number of hydrogen-bond acceptors (Lipinski definition) is 4. The molecule has 0 fully saturated rings. The van der Waals surface area contributed by atoms with Crippen LogP contribution in [-0.4, -0.2) is 49.5 Å². The Morgan fingerprint density at radius 2 is 1.76 bits per heavy atom. The summed E-state index contributed by atoms with van der Waals surface area (Å²) in [5.41, 5.74) is 1.22. The number of hydrogen-bond donors (Lipinski definition) is 2. The number of carboxylic acid groups (broad SMARTS) is 1. The van der Waals surface area contributed by atoms with Crippen LogP contribution in [0, 0.1) is 11.6 Å². The molecule has 1 heterocycles. The number of halogens is 2. The maximum absolute atomic E-state index is 14.7. The van der Waals surface area contributed by atoms with Gasteiger partial charge in [-0.15, -0.1) is 0 Å². The van der Waals surface area contributed by atoms with Gasteiger partial charge in [-0.25, -0.2) is 13.6 Å². The highest BCUT2D eigenvalue weighted by atomic mass is 28.3. The SMILES string of the molecule is COc1ccc2c(c1)CCN(C(=O)/C=C/C(=O)O)[C@H]2C(=O)Nc1cc(F)c([Si](C)(C)C)c(F)c1. The molecule has 1 atom stereocenters. The zero-order valence-corrected chi connectivity index (χ0v) is 20.3. The number of carbonyl (C=O) groups excluding carboxylic acids is 2. The number of ether oxygens (including phenoxy) is 1. The summed E-state index contributed by atoms with van der Waals surface area (Å²) in [5.74, 6) is -3.54. The second-order valence-electron chi connectivity index (χ2n) is 8.97. The van der Waals surface area contributed by atoms with Gasteiger partial charge in [-0.2, -0.15) is 0 Å². The van der Waals surface area contributed by atoms with Gasteiger partial charge in [0.25, 0.3) is 5.91 Å². The maximum atomic E-state index is 14.7. The van der Waals surface area contributed by atoms with Gasteiger partial charge in [0.05, 0.1) is 15.2 Å². The van der Waals surface area contributed by atoms with Gasteiger partial charge in [0, 0.05) is 29.6 Å². The number of nitrogens with one attached hydrogen (secondary N) is 1. The minimum Gasteiger partial charge on any atom is -0.497 e. The lowest BCUT2D eigenvalue weighted by molar-refractivity contribution is -0.136. The van der Waals surface area contributed by atoms with E-state index in [-0.39, 0.29) is 17.4 Å². The molecule has 0 bridgehead atoms. The van der Waals surface area contributed by atoms with Crippen molar-refractivity contribution in [3.63, 3.8) is 0 Å². The molecule has 180 valence electrons. The Kier molecular flexibility index (Phi) is 7.20. The first-order valence-corrected chi connectivity index (χ1v) is 14.1. The summed E-state index contributed by atoms with van der Waals surface area (Å²) in [6, 6.07) is 6.05. The summed E-state index contributed by atoms with van der Waals surface area (Å²) < 4.78 is 34.6. The largest absolute Gasteiger partial charge is 0.497 e. The standard InChI is InChI=1S/C24H26F2N2O5Si/c1-33-16-5-6-17-14(11-16)9-10-28(20(29)7-8-21(30)31)22(17)24(32)27-15-12-18(25)23(19(26)13-15)34(2,3)4/h5-8,11-13,22H,9-10H2,1-4H3,(H,27,32)(H,30,31)/b8-7+/t22-/m1/s1. The molecule has 0 spiro atoms. The van der Waals surface area contributed by atoms with E-state index in [1.54, 1.807) is 18.2 Å². The van der Waals surface area contributed by atoms with Crippen molar-refractivity contribution in [2.75, 3.05) is 19.0 Å². The van der Waals surface area contributed by atoms with Crippen molar-refractivity contribution in [2.24, 2.45) is 0 Å². The van der Waals surface area contributed by atoms with E-state index in [2.05, 4.69) is 5.32 Å². The number of anilines is 1. The first kappa shape index (κ1) is 25.1. The minimum atomic E-state index is -2.30. The number of carbonyl (C=O) groups is 3. The highest BCUT2D eigenvalue weighted by Crippen LogP contribution is 2.33. The lowest BCUT2D eigenvalue weighted by Gasteiger charge is -2.36. The van der Waals surface area contributed by atoms with Gasteiger partial charge in [0.2, 0.25) is 5.91 Å². The average molecular weight is 489 g/mol. The summed E-state index contributed by atoms with van der Waals surface area (Å²) >= 11 is 0. The summed E-state index contributed by atoms with van der Waals surface area (Å²) in [4.78, 5) is 38.1. The first-order chi connectivity index (χ1) is 15.9. The molecule has 3 rings (SSSR count). The third-order valence-electron chi connectivity index (χ3n) is 5.54. The van der Waals surface area contributed by atoms with Gasteiger partial charge < -0.3 is 20.1 Å². The predicted octanol–water partition coefficient (Wildman–Crippen LogP) is 3.22. The predicted molar refractivity (Wildman–Crippen MR) is 126 cm³/mol. The second kappa shape index (κ2) is 9.76. The molecule has 2 amide bonds. The third-order valence-corrected chi connectivity index (χ3v) is 7.52. The van der Waals surface area contributed by atoms with Crippen molar-refractivity contribution < 1.29 is 33.0 Å². The molecule has 1 aliphatic heterocycles. The molecule has 10 heteroatoms. The quantitative estimate of drug-likeness (QED) is 0.481. The van der Waals surface area contributed by atoms with Crippen LogP contribution in [0.1, 0.15) is 17.2 Å². The van der Waals surface area contributed by atoms with E-state index in [0.29, 0.717) is 23.8 Å². The zero-order chi connectivity index (χ0) is 25.2. The van der Waals surface area contributed by atoms with Crippen LogP contribution >= 0.6 is 0 Å². The summed E-state index contributed by atoms with van der Waals surface area (Å²) in [7, 11) is -0.793. The van der Waals surface area contributed by atoms with Crippen LogP contribution in [0.3, 0.4) is 0 Å². The molecular weight excluding hydrogens is 462 g/mol. The molecule has 34 heavy (non-hydrogen) atoms. The first-order valence-electron chi connectivity index (χ1n) is 10.6. The fourth-order valence-corrected chi connectivity index (χ4v) is 5.64. The van der Waals surface area contributed by atoms with Crippen molar-refractivity contribution in [2.45, 2.75) is 32.1 Å². The molecule has 0 aliphatic carbocycles. The lowest BCUT2D eigenvalue weighted by Crippen LogP contribution is -2.45. The van der Waals surface area contributed by atoms with Crippen molar-refractivity contribution in [3.8, 4) is 5.75 Å². The molecule has 0 saturated carbocycles. The Morgan fingerprint density at radius 3 is 2.32 bits per heavy atom. The van der Waals surface area contributed by atoms with Crippen molar-refractivity contribution in [3.05, 3.63) is 65.2 Å². The highest BCUT2D eigenvalue weighted by molar-refractivity contribution is 6.88. The van der Waals surface area contributed by atoms with Crippen molar-refractivity contribution in [1.82, 2.24) is 4.90 Å². The Morgan fingerprint density at radius 1 is 1.12 bits per heavy atom. The highest BCUT2D eigenvalue weighted by Gasteiger charge is 2.36. The van der Waals surface area contributed by atoms with Crippen molar-refractivity contribution >= 4 is 36.7 Å². The Hall–Kier alpha value is -3.53. The van der Waals surface area contributed by atoms with E-state index in [1.165, 1.54) is 12.0 Å². The van der Waals surface area contributed by atoms with Crippen LogP contribution in [0.15, 0.2) is 42.5 Å². The number of rotatable bonds is 6. The smallest absolute Gasteiger partial charge is 0.328 e. The molecule has 0 aromatic heterocycles. The molecule has 0 radical (unpaired) electrons. The van der Waals surface area contributed by atoms with Crippen LogP contribution in [0.25, 0.3) is 0 Å². The van der Waals surface area contributed by atoms with Gasteiger partial charge in [0.1, 0.15) is 23.4 Å².